The van der Waals surface area contributed by atoms with Crippen LogP contribution in [0.3, 0.4) is 0 Å². The fourth-order valence-corrected chi connectivity index (χ4v) is 7.30. The number of aryl methyl sites for hydroxylation is 1. The zero-order valence-electron chi connectivity index (χ0n) is 27.1. The molecule has 1 aromatic heterocycles. The molecule has 0 saturated heterocycles. The summed E-state index contributed by atoms with van der Waals surface area (Å²) in [4.78, 5) is 39.9. The quantitative estimate of drug-likeness (QED) is 0.200. The van der Waals surface area contributed by atoms with E-state index in [-0.39, 0.29) is 11.8 Å². The monoisotopic (exact) mass is 631 g/mol. The third kappa shape index (κ3) is 5.43. The third-order valence-corrected chi connectivity index (χ3v) is 9.99. The van der Waals surface area contributed by atoms with Crippen molar-refractivity contribution in [3.05, 3.63) is 96.2 Å². The molecule has 0 radical (unpaired) electrons. The van der Waals surface area contributed by atoms with Crippen molar-refractivity contribution in [2.24, 2.45) is 7.05 Å². The number of carbonyl (C=O) groups excluding carboxylic acids is 3. The zero-order valence-corrected chi connectivity index (χ0v) is 27.1. The van der Waals surface area contributed by atoms with Gasteiger partial charge in [-0.2, -0.15) is 0 Å². The first-order valence-electron chi connectivity index (χ1n) is 16.7. The number of aromatic nitrogens is 1. The predicted molar refractivity (Wildman–Crippen MR) is 185 cm³/mol. The number of nitrogens with one attached hydrogen (secondary N) is 2. The van der Waals surface area contributed by atoms with E-state index in [0.717, 1.165) is 52.8 Å². The van der Waals surface area contributed by atoms with Crippen LogP contribution >= 0.6 is 0 Å². The Hall–Kier alpha value is -5.05. The highest BCUT2D eigenvalue weighted by molar-refractivity contribution is 6.06. The highest BCUT2D eigenvalue weighted by Crippen LogP contribution is 2.45. The molecule has 9 nitrogen and oxygen atoms in total. The molecule has 2 saturated carbocycles. The Morgan fingerprint density at radius 1 is 0.936 bits per heavy atom. The molecule has 0 spiro atoms. The molecule has 2 amide bonds. The Kier molecular flexibility index (Phi) is 7.99. The first-order chi connectivity index (χ1) is 22.8. The average Bonchev–Trinajstić information content (AvgIpc) is 3.56. The second-order valence-corrected chi connectivity index (χ2v) is 12.9. The van der Waals surface area contributed by atoms with Gasteiger partial charge in [0, 0.05) is 34.8 Å². The summed E-state index contributed by atoms with van der Waals surface area (Å²) in [7, 11) is 1.81. The van der Waals surface area contributed by atoms with Crippen molar-refractivity contribution in [2.75, 3.05) is 21.9 Å². The summed E-state index contributed by atoms with van der Waals surface area (Å²) in [5.74, 6) is -0.921. The van der Waals surface area contributed by atoms with E-state index in [1.54, 1.807) is 17.6 Å². The lowest BCUT2D eigenvalue weighted by molar-refractivity contribution is -0.125. The van der Waals surface area contributed by atoms with Crippen molar-refractivity contribution >= 4 is 51.4 Å². The minimum Gasteiger partial charge on any atom is -0.461 e. The Bertz CT molecular complexity index is 1870. The molecular formula is C38H41N5O4. The van der Waals surface area contributed by atoms with Gasteiger partial charge in [0.15, 0.2) is 0 Å². The van der Waals surface area contributed by atoms with Crippen molar-refractivity contribution in [3.63, 3.8) is 0 Å². The minimum absolute atomic E-state index is 0.248. The summed E-state index contributed by atoms with van der Waals surface area (Å²) in [6.07, 6.45) is 7.83. The first-order valence-corrected chi connectivity index (χ1v) is 16.7. The van der Waals surface area contributed by atoms with E-state index in [0.29, 0.717) is 42.4 Å². The van der Waals surface area contributed by atoms with Crippen LogP contribution in [0.2, 0.25) is 0 Å². The maximum Gasteiger partial charge on any atom is 0.354 e. The standard InChI is InChI=1S/C38H41N5O4/c1-4-47-36(45)34-24-27-22-28(17-19-32(27)41(34)3)39-37(46)38(20-11-21-38)40-35(44)26-16-18-33-31(23-26)25(2)42(29-12-7-5-8-13-29)43(33)30-14-9-6-10-15-30/h5,7-8,12-13,16-19,22-24,30H,2,4,6,9-11,14-15,20-21H2,1,3H3,(H,39,46)(H,40,44). The number of fused-ring (bicyclic) bond motifs is 2. The van der Waals surface area contributed by atoms with Gasteiger partial charge in [0.05, 0.1) is 29.7 Å². The summed E-state index contributed by atoms with van der Waals surface area (Å²) in [5, 5.41) is 11.5. The van der Waals surface area contributed by atoms with E-state index in [9.17, 15) is 14.4 Å². The summed E-state index contributed by atoms with van der Waals surface area (Å²) in [5.41, 5.74) is 5.26. The molecular weight excluding hydrogens is 590 g/mol. The molecule has 3 aromatic carbocycles. The maximum atomic E-state index is 13.8. The van der Waals surface area contributed by atoms with Gasteiger partial charge < -0.3 is 19.9 Å². The minimum atomic E-state index is -1.00. The van der Waals surface area contributed by atoms with Crippen LogP contribution in [-0.2, 0) is 16.6 Å². The Balaban J connectivity index is 1.11. The molecule has 0 unspecified atom stereocenters. The zero-order chi connectivity index (χ0) is 32.7. The second kappa shape index (κ2) is 12.3. The number of nitrogens with zero attached hydrogens (tertiary/aromatic N) is 3. The fourth-order valence-electron chi connectivity index (χ4n) is 7.30. The van der Waals surface area contributed by atoms with Gasteiger partial charge in [0.1, 0.15) is 11.2 Å². The molecule has 47 heavy (non-hydrogen) atoms. The van der Waals surface area contributed by atoms with Crippen molar-refractivity contribution in [1.29, 1.82) is 0 Å². The number of amides is 2. The van der Waals surface area contributed by atoms with Crippen LogP contribution in [0.1, 0.15) is 84.7 Å². The molecule has 7 rings (SSSR count). The van der Waals surface area contributed by atoms with Crippen molar-refractivity contribution in [2.45, 2.75) is 69.9 Å². The molecule has 2 heterocycles. The maximum absolute atomic E-state index is 13.8. The number of esters is 1. The van der Waals surface area contributed by atoms with Crippen LogP contribution in [0.15, 0.2) is 79.4 Å². The Morgan fingerprint density at radius 2 is 1.70 bits per heavy atom. The predicted octanol–water partition coefficient (Wildman–Crippen LogP) is 7.19. The lowest BCUT2D eigenvalue weighted by Crippen LogP contribution is -2.61. The van der Waals surface area contributed by atoms with Gasteiger partial charge in [-0.3, -0.25) is 19.6 Å². The van der Waals surface area contributed by atoms with Crippen LogP contribution in [0.5, 0.6) is 0 Å². The SMILES string of the molecule is C=C1c2cc(C(=O)NC3(C(=O)Nc4ccc5c(c4)cc(C(=O)OCC)n5C)CCC3)ccc2N(C2CCCCC2)N1c1ccccc1. The van der Waals surface area contributed by atoms with E-state index >= 15 is 0 Å². The smallest absolute Gasteiger partial charge is 0.354 e. The number of ether oxygens (including phenoxy) is 1. The van der Waals surface area contributed by atoms with Crippen LogP contribution in [0, 0.1) is 0 Å². The molecule has 2 aliphatic carbocycles. The van der Waals surface area contributed by atoms with Gasteiger partial charge in [-0.25, -0.2) is 4.79 Å². The number of hydrogen-bond acceptors (Lipinski definition) is 6. The topological polar surface area (TPSA) is 95.9 Å². The van der Waals surface area contributed by atoms with Gasteiger partial charge in [-0.1, -0.05) is 44.0 Å². The molecule has 2 N–H and O–H groups in total. The number of hydrazine groups is 1. The molecule has 4 aromatic rings. The van der Waals surface area contributed by atoms with Gasteiger partial charge in [0.2, 0.25) is 5.91 Å². The van der Waals surface area contributed by atoms with Gasteiger partial charge >= 0.3 is 5.97 Å². The molecule has 9 heteroatoms. The van der Waals surface area contributed by atoms with E-state index in [1.807, 2.05) is 61.6 Å². The van der Waals surface area contributed by atoms with Crippen molar-refractivity contribution in [1.82, 2.24) is 9.88 Å². The highest BCUT2D eigenvalue weighted by atomic mass is 16.5. The van der Waals surface area contributed by atoms with Crippen LogP contribution < -0.4 is 20.7 Å². The number of hydrogen-bond donors (Lipinski definition) is 2. The molecule has 2 fully saturated rings. The Morgan fingerprint density at radius 3 is 2.40 bits per heavy atom. The summed E-state index contributed by atoms with van der Waals surface area (Å²) < 4.78 is 6.97. The average molecular weight is 632 g/mol. The van der Waals surface area contributed by atoms with Crippen LogP contribution in [0.25, 0.3) is 16.6 Å². The normalized spacial score (nSPS) is 17.3. The van der Waals surface area contributed by atoms with Gasteiger partial charge in [0.25, 0.3) is 5.91 Å². The van der Waals surface area contributed by atoms with Crippen LogP contribution in [0.4, 0.5) is 17.1 Å². The number of rotatable bonds is 8. The van der Waals surface area contributed by atoms with E-state index in [4.69, 9.17) is 4.74 Å². The lowest BCUT2D eigenvalue weighted by Gasteiger charge is -2.41. The summed E-state index contributed by atoms with van der Waals surface area (Å²) in [6.45, 7) is 6.55. The number of para-hydroxylation sites is 1. The summed E-state index contributed by atoms with van der Waals surface area (Å²) in [6, 6.07) is 23.7. The molecule has 242 valence electrons. The second-order valence-electron chi connectivity index (χ2n) is 12.9. The molecule has 3 aliphatic rings. The van der Waals surface area contributed by atoms with E-state index in [2.05, 4.69) is 39.4 Å². The van der Waals surface area contributed by atoms with Crippen molar-refractivity contribution in [3.8, 4) is 0 Å². The third-order valence-electron chi connectivity index (χ3n) is 9.99. The van der Waals surface area contributed by atoms with Crippen molar-refractivity contribution < 1.29 is 19.1 Å². The van der Waals surface area contributed by atoms with E-state index < -0.39 is 11.5 Å². The first kappa shape index (κ1) is 30.6. The van der Waals surface area contributed by atoms with Crippen LogP contribution in [-0.4, -0.2) is 40.5 Å². The fraction of sp³-hybridized carbons (Fsp3) is 0.342. The van der Waals surface area contributed by atoms with Gasteiger partial charge in [-0.15, -0.1) is 0 Å². The number of benzene rings is 3. The largest absolute Gasteiger partial charge is 0.461 e. The number of carbonyl (C=O) groups is 3. The molecule has 0 atom stereocenters. The molecule has 0 bridgehead atoms. The Labute approximate surface area is 275 Å². The highest BCUT2D eigenvalue weighted by Gasteiger charge is 2.46. The van der Waals surface area contributed by atoms with E-state index in [1.165, 1.54) is 19.3 Å². The lowest BCUT2D eigenvalue weighted by atomic mass is 9.75. The summed E-state index contributed by atoms with van der Waals surface area (Å²) >= 11 is 0. The van der Waals surface area contributed by atoms with Gasteiger partial charge in [-0.05, 0) is 93.6 Å². The molecule has 1 aliphatic heterocycles. The number of anilines is 3.